The third-order valence-corrected chi connectivity index (χ3v) is 3.28. The third kappa shape index (κ3) is 2.68. The molecule has 2 heterocycles. The summed E-state index contributed by atoms with van der Waals surface area (Å²) in [7, 11) is 0. The van der Waals surface area contributed by atoms with Crippen LogP contribution in [0, 0.1) is 12.3 Å². The molecule has 0 spiro atoms. The molecule has 1 saturated heterocycles. The van der Waals surface area contributed by atoms with E-state index >= 15 is 0 Å². The van der Waals surface area contributed by atoms with E-state index in [9.17, 15) is 4.79 Å². The number of ether oxygens (including phenoxy) is 1. The van der Waals surface area contributed by atoms with Crippen molar-refractivity contribution in [1.82, 2.24) is 9.78 Å². The molecular formula is C11H12BrN3O2. The number of terminal acetylenes is 1. The molecule has 90 valence electrons. The number of hydrogen-bond donors (Lipinski definition) is 1. The molecule has 0 amide bonds. The van der Waals surface area contributed by atoms with Gasteiger partial charge in [-0.05, 0) is 22.4 Å². The molecule has 5 nitrogen and oxygen atoms in total. The molecule has 1 N–H and O–H groups in total. The van der Waals surface area contributed by atoms with Gasteiger partial charge in [0.1, 0.15) is 11.0 Å². The molecular weight excluding hydrogens is 286 g/mol. The lowest BCUT2D eigenvalue weighted by atomic mass is 10.2. The molecule has 1 fully saturated rings. The number of halogens is 1. The Hall–Kier alpha value is -1.32. The summed E-state index contributed by atoms with van der Waals surface area (Å²) >= 11 is 3.26. The van der Waals surface area contributed by atoms with Crippen LogP contribution in [0.15, 0.2) is 15.5 Å². The lowest BCUT2D eigenvalue weighted by molar-refractivity contribution is 0.195. The Labute approximate surface area is 107 Å². The molecule has 0 aliphatic carbocycles. The molecule has 1 aromatic rings. The molecule has 1 atom stereocenters. The maximum absolute atomic E-state index is 11.8. The molecule has 0 saturated carbocycles. The highest BCUT2D eigenvalue weighted by atomic mass is 79.9. The highest BCUT2D eigenvalue weighted by molar-refractivity contribution is 9.10. The average molecular weight is 298 g/mol. The van der Waals surface area contributed by atoms with Crippen molar-refractivity contribution in [3.63, 3.8) is 0 Å². The summed E-state index contributed by atoms with van der Waals surface area (Å²) in [4.78, 5) is 11.8. The summed E-state index contributed by atoms with van der Waals surface area (Å²) in [6.07, 6.45) is 7.68. The van der Waals surface area contributed by atoms with E-state index in [1.165, 1.54) is 4.68 Å². The number of aromatic nitrogens is 2. The van der Waals surface area contributed by atoms with Crippen LogP contribution in [-0.4, -0.2) is 29.0 Å². The highest BCUT2D eigenvalue weighted by Crippen LogP contribution is 2.19. The summed E-state index contributed by atoms with van der Waals surface area (Å²) in [6.45, 7) is 1.57. The molecule has 17 heavy (non-hydrogen) atoms. The molecule has 0 radical (unpaired) electrons. The first-order valence-corrected chi connectivity index (χ1v) is 6.05. The smallest absolute Gasteiger partial charge is 0.284 e. The Kier molecular flexibility index (Phi) is 3.82. The van der Waals surface area contributed by atoms with Crippen molar-refractivity contribution in [3.8, 4) is 12.3 Å². The lowest BCUT2D eigenvalue weighted by Crippen LogP contribution is -2.26. The summed E-state index contributed by atoms with van der Waals surface area (Å²) in [5.41, 5.74) is 0.450. The van der Waals surface area contributed by atoms with Crippen LogP contribution in [0.1, 0.15) is 6.42 Å². The Morgan fingerprint density at radius 2 is 2.59 bits per heavy atom. The van der Waals surface area contributed by atoms with Gasteiger partial charge in [0.15, 0.2) is 0 Å². The van der Waals surface area contributed by atoms with Crippen LogP contribution in [-0.2, 0) is 11.3 Å². The van der Waals surface area contributed by atoms with Crippen LogP contribution in [0.2, 0.25) is 0 Å². The second kappa shape index (κ2) is 5.34. The van der Waals surface area contributed by atoms with E-state index in [-0.39, 0.29) is 18.1 Å². The predicted molar refractivity (Wildman–Crippen MR) is 67.9 cm³/mol. The van der Waals surface area contributed by atoms with Crippen molar-refractivity contribution >= 4 is 21.6 Å². The third-order valence-electron chi connectivity index (χ3n) is 2.52. The second-order valence-corrected chi connectivity index (χ2v) is 4.54. The fourth-order valence-corrected chi connectivity index (χ4v) is 2.05. The minimum absolute atomic E-state index is 0.171. The molecule has 1 aromatic heterocycles. The monoisotopic (exact) mass is 297 g/mol. The molecule has 0 aromatic carbocycles. The zero-order valence-corrected chi connectivity index (χ0v) is 10.7. The van der Waals surface area contributed by atoms with Crippen LogP contribution < -0.4 is 10.9 Å². The van der Waals surface area contributed by atoms with Crippen molar-refractivity contribution in [2.75, 3.05) is 18.5 Å². The van der Waals surface area contributed by atoms with Crippen molar-refractivity contribution in [1.29, 1.82) is 0 Å². The minimum atomic E-state index is -0.230. The van der Waals surface area contributed by atoms with Crippen molar-refractivity contribution in [2.24, 2.45) is 0 Å². The van der Waals surface area contributed by atoms with Crippen molar-refractivity contribution < 1.29 is 4.74 Å². The molecule has 6 heteroatoms. The predicted octanol–water partition coefficient (Wildman–Crippen LogP) is 0.840. The lowest BCUT2D eigenvalue weighted by Gasteiger charge is -2.13. The summed E-state index contributed by atoms with van der Waals surface area (Å²) in [6, 6.07) is 0.232. The fraction of sp³-hybridized carbons (Fsp3) is 0.455. The van der Waals surface area contributed by atoms with Gasteiger partial charge in [-0.25, -0.2) is 4.68 Å². The van der Waals surface area contributed by atoms with Crippen LogP contribution in [0.25, 0.3) is 0 Å². The van der Waals surface area contributed by atoms with Gasteiger partial charge in [-0.1, -0.05) is 5.92 Å². The van der Waals surface area contributed by atoms with E-state index in [0.717, 1.165) is 13.0 Å². The maximum Gasteiger partial charge on any atom is 0.284 e. The molecule has 2 rings (SSSR count). The summed E-state index contributed by atoms with van der Waals surface area (Å²) in [5.74, 6) is 2.38. The first-order valence-electron chi connectivity index (χ1n) is 5.25. The minimum Gasteiger partial charge on any atom is -0.379 e. The van der Waals surface area contributed by atoms with Crippen molar-refractivity contribution in [2.45, 2.75) is 19.0 Å². The zero-order valence-electron chi connectivity index (χ0n) is 9.15. The van der Waals surface area contributed by atoms with E-state index in [0.29, 0.717) is 16.8 Å². The van der Waals surface area contributed by atoms with Gasteiger partial charge in [-0.2, -0.15) is 5.10 Å². The van der Waals surface area contributed by atoms with Gasteiger partial charge in [0, 0.05) is 6.61 Å². The maximum atomic E-state index is 11.8. The van der Waals surface area contributed by atoms with E-state index in [1.54, 1.807) is 6.20 Å². The number of nitrogens with one attached hydrogen (secondary N) is 1. The average Bonchev–Trinajstić information content (AvgIpc) is 2.82. The summed E-state index contributed by atoms with van der Waals surface area (Å²) in [5, 5.41) is 7.22. The van der Waals surface area contributed by atoms with Crippen LogP contribution in [0.4, 0.5) is 5.69 Å². The molecule has 1 unspecified atom stereocenters. The SMILES string of the molecule is C#CCn1ncc(NC2CCOC2)c(Br)c1=O. The topological polar surface area (TPSA) is 56.1 Å². The van der Waals surface area contributed by atoms with E-state index in [1.807, 2.05) is 0 Å². The second-order valence-electron chi connectivity index (χ2n) is 3.74. The number of anilines is 1. The number of hydrogen-bond acceptors (Lipinski definition) is 4. The van der Waals surface area contributed by atoms with Crippen LogP contribution in [0.3, 0.4) is 0 Å². The van der Waals surface area contributed by atoms with Gasteiger partial charge >= 0.3 is 0 Å². The Bertz CT molecular complexity index is 500. The molecule has 0 bridgehead atoms. The van der Waals surface area contributed by atoms with Gasteiger partial charge in [0.2, 0.25) is 0 Å². The number of nitrogens with zero attached hydrogens (tertiary/aromatic N) is 2. The van der Waals surface area contributed by atoms with E-state index < -0.39 is 0 Å². The highest BCUT2D eigenvalue weighted by Gasteiger charge is 2.17. The standard InChI is InChI=1S/C11H12BrN3O2/c1-2-4-15-11(16)10(12)9(6-13-15)14-8-3-5-17-7-8/h1,6,8,14H,3-5,7H2. The number of rotatable bonds is 3. The molecule has 1 aliphatic rings. The van der Waals surface area contributed by atoms with E-state index in [2.05, 4.69) is 32.3 Å². The van der Waals surface area contributed by atoms with Crippen LogP contribution in [0.5, 0.6) is 0 Å². The largest absolute Gasteiger partial charge is 0.379 e. The first-order chi connectivity index (χ1) is 8.22. The molecule has 1 aliphatic heterocycles. The quantitative estimate of drug-likeness (QED) is 0.840. The Morgan fingerprint density at radius 3 is 3.24 bits per heavy atom. The van der Waals surface area contributed by atoms with E-state index in [4.69, 9.17) is 11.2 Å². The Morgan fingerprint density at radius 1 is 1.76 bits per heavy atom. The van der Waals surface area contributed by atoms with Gasteiger partial charge in [0.05, 0.1) is 24.5 Å². The fourth-order valence-electron chi connectivity index (χ4n) is 1.63. The normalized spacial score (nSPS) is 18.9. The summed E-state index contributed by atoms with van der Waals surface area (Å²) < 4.78 is 6.94. The van der Waals surface area contributed by atoms with Gasteiger partial charge in [0.25, 0.3) is 5.56 Å². The van der Waals surface area contributed by atoms with Gasteiger partial charge < -0.3 is 10.1 Å². The van der Waals surface area contributed by atoms with Gasteiger partial charge in [-0.3, -0.25) is 4.79 Å². The van der Waals surface area contributed by atoms with Crippen molar-refractivity contribution in [3.05, 3.63) is 21.0 Å². The van der Waals surface area contributed by atoms with Gasteiger partial charge in [-0.15, -0.1) is 6.42 Å². The zero-order chi connectivity index (χ0) is 12.3. The Balaban J connectivity index is 2.21. The van der Waals surface area contributed by atoms with Crippen LogP contribution >= 0.6 is 15.9 Å². The first kappa shape index (κ1) is 12.1.